The van der Waals surface area contributed by atoms with Crippen molar-refractivity contribution < 1.29 is 52.4 Å². The van der Waals surface area contributed by atoms with E-state index in [9.17, 15) is 24.0 Å². The van der Waals surface area contributed by atoms with Crippen LogP contribution < -0.4 is 10.2 Å². The van der Waals surface area contributed by atoms with E-state index in [4.69, 9.17) is 28.4 Å². The first-order chi connectivity index (χ1) is 36.3. The van der Waals surface area contributed by atoms with E-state index >= 15 is 0 Å². The van der Waals surface area contributed by atoms with E-state index in [0.717, 1.165) is 49.0 Å². The number of aryl methyl sites for hydroxylation is 1. The number of amides is 3. The molecule has 1 N–H and O–H groups in total. The Labute approximate surface area is 449 Å². The Hall–Kier alpha value is -3.65. The molecule has 0 radical (unpaired) electrons. The minimum Gasteiger partial charge on any atom is -0.462 e. The number of carbonyl (C=O) groups excluding carboxylic acids is 5. The van der Waals surface area contributed by atoms with Crippen LogP contribution in [0, 0.1) is 0 Å². The molecule has 0 unspecified atom stereocenters. The molecule has 1 aromatic rings. The fourth-order valence-corrected chi connectivity index (χ4v) is 9.05. The number of imide groups is 1. The van der Waals surface area contributed by atoms with Crippen molar-refractivity contribution in [2.45, 2.75) is 245 Å². The van der Waals surface area contributed by atoms with E-state index in [-0.39, 0.29) is 42.9 Å². The quantitative estimate of drug-likeness (QED) is 0.0376. The summed E-state index contributed by atoms with van der Waals surface area (Å²) in [6.45, 7) is 7.62. The van der Waals surface area contributed by atoms with E-state index in [0.29, 0.717) is 90.6 Å². The molecule has 0 fully saturated rings. The summed E-state index contributed by atoms with van der Waals surface area (Å²) in [7, 11) is 0. The number of ether oxygens (including phenoxy) is 6. The summed E-state index contributed by atoms with van der Waals surface area (Å²) in [5.74, 6) is -1.28. The topological polar surface area (TPSA) is 156 Å². The average molecular weight is 1040 g/mol. The predicted molar refractivity (Wildman–Crippen MR) is 297 cm³/mol. The summed E-state index contributed by atoms with van der Waals surface area (Å²) in [6, 6.07) is 7.22. The number of anilines is 1. The Morgan fingerprint density at radius 1 is 0.446 bits per heavy atom. The van der Waals surface area contributed by atoms with Crippen LogP contribution in [-0.2, 0) is 58.8 Å². The van der Waals surface area contributed by atoms with Gasteiger partial charge in [-0.05, 0) is 43.4 Å². The van der Waals surface area contributed by atoms with Crippen LogP contribution in [0.4, 0.5) is 5.69 Å². The molecule has 3 amide bonds. The molecule has 74 heavy (non-hydrogen) atoms. The molecule has 0 aliphatic carbocycles. The van der Waals surface area contributed by atoms with Gasteiger partial charge in [0.1, 0.15) is 6.61 Å². The van der Waals surface area contributed by atoms with Crippen LogP contribution in [0.1, 0.15) is 238 Å². The third kappa shape index (κ3) is 38.8. The van der Waals surface area contributed by atoms with Gasteiger partial charge < -0.3 is 33.7 Å². The summed E-state index contributed by atoms with van der Waals surface area (Å²) in [5, 5.41) is 2.87. The molecule has 0 bridgehead atoms. The van der Waals surface area contributed by atoms with Gasteiger partial charge in [-0.3, -0.25) is 24.0 Å². The Balaban J connectivity index is 1.52. The molecule has 424 valence electrons. The Kier molecular flexibility index (Phi) is 44.0. The number of nitrogens with zero attached hydrogens (tertiary/aromatic N) is 1. The zero-order valence-electron chi connectivity index (χ0n) is 46.8. The second kappa shape index (κ2) is 49.0. The van der Waals surface area contributed by atoms with Gasteiger partial charge in [-0.2, -0.15) is 0 Å². The third-order valence-corrected chi connectivity index (χ3v) is 13.6. The molecule has 1 aliphatic rings. The van der Waals surface area contributed by atoms with Crippen molar-refractivity contribution in [3.63, 3.8) is 0 Å². The monoisotopic (exact) mass is 1040 g/mol. The summed E-state index contributed by atoms with van der Waals surface area (Å²) < 4.78 is 34.0. The highest BCUT2D eigenvalue weighted by atomic mass is 16.6. The average Bonchev–Trinajstić information content (AvgIpc) is 3.74. The first-order valence-corrected chi connectivity index (χ1v) is 29.9. The fraction of sp³-hybridized carbons (Fsp3) is 0.787. The molecule has 1 heterocycles. The van der Waals surface area contributed by atoms with Gasteiger partial charge in [-0.25, -0.2) is 4.90 Å². The van der Waals surface area contributed by atoms with Crippen LogP contribution in [-0.4, -0.2) is 102 Å². The van der Waals surface area contributed by atoms with Crippen LogP contribution >= 0.6 is 0 Å². The Morgan fingerprint density at radius 2 is 0.838 bits per heavy atom. The van der Waals surface area contributed by atoms with Gasteiger partial charge in [0.2, 0.25) is 5.91 Å². The summed E-state index contributed by atoms with van der Waals surface area (Å²) >= 11 is 0. The molecule has 0 saturated heterocycles. The number of unbranched alkanes of at least 4 members (excludes halogenated alkanes) is 28. The molecular weight excluding hydrogens is 937 g/mol. The first-order valence-electron chi connectivity index (χ1n) is 29.9. The minimum atomic E-state index is -0.668. The second-order valence-corrected chi connectivity index (χ2v) is 20.3. The van der Waals surface area contributed by atoms with Crippen molar-refractivity contribution in [1.82, 2.24) is 5.32 Å². The molecule has 13 heteroatoms. The van der Waals surface area contributed by atoms with Crippen LogP contribution in [0.3, 0.4) is 0 Å². The third-order valence-electron chi connectivity index (χ3n) is 13.6. The van der Waals surface area contributed by atoms with Crippen LogP contribution in [0.15, 0.2) is 36.4 Å². The number of benzene rings is 1. The van der Waals surface area contributed by atoms with Gasteiger partial charge in [0, 0.05) is 38.0 Å². The Morgan fingerprint density at radius 3 is 1.28 bits per heavy atom. The lowest BCUT2D eigenvalue weighted by atomic mass is 10.0. The molecule has 0 saturated carbocycles. The molecule has 1 atom stereocenters. The lowest BCUT2D eigenvalue weighted by Gasteiger charge is -2.18. The molecule has 1 aromatic carbocycles. The maximum atomic E-state index is 12.8. The van der Waals surface area contributed by atoms with Crippen molar-refractivity contribution in [3.8, 4) is 0 Å². The first kappa shape index (κ1) is 66.5. The molecule has 0 spiro atoms. The van der Waals surface area contributed by atoms with E-state index in [1.54, 1.807) is 12.1 Å². The molecule has 1 aliphatic heterocycles. The van der Waals surface area contributed by atoms with E-state index in [1.807, 2.05) is 12.1 Å². The molecule has 0 aromatic heterocycles. The van der Waals surface area contributed by atoms with Crippen LogP contribution in [0.2, 0.25) is 0 Å². The number of esters is 2. The van der Waals surface area contributed by atoms with Crippen molar-refractivity contribution in [2.24, 2.45) is 0 Å². The van der Waals surface area contributed by atoms with Crippen LogP contribution in [0.5, 0.6) is 0 Å². The van der Waals surface area contributed by atoms with Gasteiger partial charge >= 0.3 is 11.9 Å². The molecule has 13 nitrogen and oxygen atoms in total. The number of hydrogen-bond donors (Lipinski definition) is 1. The van der Waals surface area contributed by atoms with Crippen molar-refractivity contribution in [2.75, 3.05) is 70.9 Å². The zero-order valence-corrected chi connectivity index (χ0v) is 46.8. The zero-order chi connectivity index (χ0) is 53.2. The number of carbonyl (C=O) groups is 5. The van der Waals surface area contributed by atoms with Gasteiger partial charge in [-0.1, -0.05) is 206 Å². The summed E-state index contributed by atoms with van der Waals surface area (Å²) in [5.41, 5.74) is 1.56. The molecule has 2 rings (SSSR count). The Bertz CT molecular complexity index is 1550. The van der Waals surface area contributed by atoms with Gasteiger partial charge in [-0.15, -0.1) is 0 Å². The highest BCUT2D eigenvalue weighted by Gasteiger charge is 2.25. The highest BCUT2D eigenvalue weighted by molar-refractivity contribution is 6.28. The van der Waals surface area contributed by atoms with Gasteiger partial charge in [0.05, 0.1) is 58.5 Å². The number of hydrogen-bond acceptors (Lipinski definition) is 11. The minimum absolute atomic E-state index is 0.0171. The highest BCUT2D eigenvalue weighted by Crippen LogP contribution is 2.21. The maximum absolute atomic E-state index is 12.8. The van der Waals surface area contributed by atoms with Crippen molar-refractivity contribution >= 4 is 35.3 Å². The lowest BCUT2D eigenvalue weighted by Crippen LogP contribution is -2.30. The largest absolute Gasteiger partial charge is 0.462 e. The van der Waals surface area contributed by atoms with E-state index < -0.39 is 6.10 Å². The fourth-order valence-electron chi connectivity index (χ4n) is 9.05. The van der Waals surface area contributed by atoms with E-state index in [2.05, 4.69) is 19.2 Å². The SMILES string of the molecule is CCCCCCCCCCCCCCCCCC(=O)OC[C@H](COCCOCCOCCOCCNC(=O)CCCc1ccc(N2C(=O)C=CC2=O)cc1)OC(=O)CCCCCCCCCCCCCCCCC. The van der Waals surface area contributed by atoms with E-state index in [1.165, 1.54) is 166 Å². The van der Waals surface area contributed by atoms with Crippen molar-refractivity contribution in [1.29, 1.82) is 0 Å². The lowest BCUT2D eigenvalue weighted by molar-refractivity contribution is -0.163. The second-order valence-electron chi connectivity index (χ2n) is 20.3. The van der Waals surface area contributed by atoms with Crippen LogP contribution in [0.25, 0.3) is 0 Å². The summed E-state index contributed by atoms with van der Waals surface area (Å²) in [6.07, 6.45) is 42.4. The maximum Gasteiger partial charge on any atom is 0.306 e. The normalized spacial score (nSPS) is 12.8. The summed E-state index contributed by atoms with van der Waals surface area (Å²) in [4.78, 5) is 62.6. The van der Waals surface area contributed by atoms with Crippen molar-refractivity contribution in [3.05, 3.63) is 42.0 Å². The number of rotatable bonds is 54. The predicted octanol–water partition coefficient (Wildman–Crippen LogP) is 13.6. The number of nitrogens with one attached hydrogen (secondary N) is 1. The van der Waals surface area contributed by atoms with Gasteiger partial charge in [0.25, 0.3) is 11.8 Å². The standard InChI is InChI=1S/C61H104N2O11/c1-3-5-7-9-11-13-15-17-19-21-23-25-27-29-31-36-60(67)73-53-56(74-61(68)37-32-30-28-26-24-22-20-18-16-14-12-10-8-6-4-2)52-72-51-50-71-49-48-70-47-46-69-45-44-62-57(64)35-33-34-54-38-40-55(41-39-54)63-58(65)42-43-59(63)66/h38-43,56H,3-37,44-53H2,1-2H3,(H,62,64)/t56-/m0/s1. The smallest absolute Gasteiger partial charge is 0.306 e. The van der Waals surface area contributed by atoms with Gasteiger partial charge in [0.15, 0.2) is 6.10 Å². The molecular formula is C61H104N2O11.